The zero-order valence-electron chi connectivity index (χ0n) is 12.1. The molecule has 0 fully saturated rings. The predicted octanol–water partition coefficient (Wildman–Crippen LogP) is 3.44. The van der Waals surface area contributed by atoms with Crippen LogP contribution in [0.1, 0.15) is 5.56 Å². The quantitative estimate of drug-likeness (QED) is 0.741. The topological polar surface area (TPSA) is 44.1 Å². The molecule has 0 saturated heterocycles. The van der Waals surface area contributed by atoms with E-state index in [1.807, 2.05) is 37.3 Å². The van der Waals surface area contributed by atoms with E-state index in [1.165, 1.54) is 0 Å². The second kappa shape index (κ2) is 6.20. The third-order valence-electron chi connectivity index (χ3n) is 3.46. The monoisotopic (exact) mass is 314 g/mol. The van der Waals surface area contributed by atoms with Crippen molar-refractivity contribution >= 4 is 22.5 Å². The van der Waals surface area contributed by atoms with E-state index in [0.717, 1.165) is 11.3 Å². The molecule has 0 N–H and O–H groups in total. The normalized spacial score (nSPS) is 10.8. The first-order valence-corrected chi connectivity index (χ1v) is 7.36. The summed E-state index contributed by atoms with van der Waals surface area (Å²) in [6.45, 7) is 2.77. The van der Waals surface area contributed by atoms with Crippen molar-refractivity contribution in [3.05, 3.63) is 69.7 Å². The van der Waals surface area contributed by atoms with Gasteiger partial charge in [0, 0.05) is 5.02 Å². The lowest BCUT2D eigenvalue weighted by Crippen LogP contribution is -2.23. The van der Waals surface area contributed by atoms with Crippen molar-refractivity contribution in [3.63, 3.8) is 0 Å². The highest BCUT2D eigenvalue weighted by Gasteiger charge is 2.04. The van der Waals surface area contributed by atoms with Crippen LogP contribution >= 0.6 is 11.6 Å². The highest BCUT2D eigenvalue weighted by Crippen LogP contribution is 2.21. The summed E-state index contributed by atoms with van der Waals surface area (Å²) in [6.07, 6.45) is 1.56. The summed E-state index contributed by atoms with van der Waals surface area (Å²) in [5.41, 5.74) is 1.62. The molecule has 0 amide bonds. The first-order chi connectivity index (χ1) is 10.6. The van der Waals surface area contributed by atoms with Gasteiger partial charge in [0.25, 0.3) is 5.56 Å². The summed E-state index contributed by atoms with van der Waals surface area (Å²) in [5, 5.41) is 1.30. The maximum atomic E-state index is 12.3. The van der Waals surface area contributed by atoms with Crippen LogP contribution in [0.5, 0.6) is 5.75 Å². The first kappa shape index (κ1) is 14.6. The smallest absolute Gasteiger partial charge is 0.261 e. The van der Waals surface area contributed by atoms with E-state index in [2.05, 4.69) is 4.98 Å². The van der Waals surface area contributed by atoms with Crippen LogP contribution in [0, 0.1) is 6.92 Å². The summed E-state index contributed by atoms with van der Waals surface area (Å²) >= 11 is 5.91. The van der Waals surface area contributed by atoms with Crippen LogP contribution in [0.4, 0.5) is 0 Å². The fourth-order valence-electron chi connectivity index (χ4n) is 2.29. The van der Waals surface area contributed by atoms with Crippen LogP contribution in [0.2, 0.25) is 5.02 Å². The Morgan fingerprint density at radius 2 is 2.05 bits per heavy atom. The molecule has 1 aromatic heterocycles. The van der Waals surface area contributed by atoms with E-state index < -0.39 is 0 Å². The van der Waals surface area contributed by atoms with Gasteiger partial charge >= 0.3 is 0 Å². The van der Waals surface area contributed by atoms with Gasteiger partial charge in [-0.2, -0.15) is 0 Å². The van der Waals surface area contributed by atoms with Crippen LogP contribution in [-0.4, -0.2) is 16.2 Å². The second-order valence-corrected chi connectivity index (χ2v) is 5.45. The molecular weight excluding hydrogens is 300 g/mol. The minimum Gasteiger partial charge on any atom is -0.491 e. The number of ether oxygens (including phenoxy) is 1. The number of aryl methyl sites for hydroxylation is 1. The number of fused-ring (bicyclic) bond motifs is 1. The Morgan fingerprint density at radius 3 is 2.86 bits per heavy atom. The molecule has 3 rings (SSSR count). The van der Waals surface area contributed by atoms with E-state index in [9.17, 15) is 4.79 Å². The van der Waals surface area contributed by atoms with Crippen LogP contribution in [0.25, 0.3) is 10.9 Å². The molecule has 3 aromatic rings. The molecule has 0 aliphatic carbocycles. The second-order valence-electron chi connectivity index (χ2n) is 5.02. The number of benzene rings is 2. The number of rotatable bonds is 4. The molecule has 4 nitrogen and oxygen atoms in total. The lowest BCUT2D eigenvalue weighted by molar-refractivity contribution is 0.294. The SMILES string of the molecule is Cc1cc(Cl)ccc1OCCn1cnc2ccccc2c1=O. The van der Waals surface area contributed by atoms with Crippen molar-refractivity contribution in [2.45, 2.75) is 13.5 Å². The van der Waals surface area contributed by atoms with Crippen molar-refractivity contribution in [2.75, 3.05) is 6.61 Å². The van der Waals surface area contributed by atoms with Gasteiger partial charge in [-0.3, -0.25) is 9.36 Å². The molecule has 0 radical (unpaired) electrons. The number of hydrogen-bond acceptors (Lipinski definition) is 3. The van der Waals surface area contributed by atoms with Crippen molar-refractivity contribution in [3.8, 4) is 5.75 Å². The minimum absolute atomic E-state index is 0.0537. The number of nitrogens with zero attached hydrogens (tertiary/aromatic N) is 2. The molecule has 0 unspecified atom stereocenters. The zero-order valence-corrected chi connectivity index (χ0v) is 12.9. The van der Waals surface area contributed by atoms with Gasteiger partial charge in [-0.05, 0) is 42.8 Å². The van der Waals surface area contributed by atoms with E-state index in [-0.39, 0.29) is 5.56 Å². The summed E-state index contributed by atoms with van der Waals surface area (Å²) < 4.78 is 7.28. The molecule has 5 heteroatoms. The van der Waals surface area contributed by atoms with Crippen LogP contribution in [-0.2, 0) is 6.54 Å². The lowest BCUT2D eigenvalue weighted by Gasteiger charge is -2.10. The Hall–Kier alpha value is -2.33. The molecular formula is C17H15ClN2O2. The Labute approximate surface area is 132 Å². The molecule has 2 aromatic carbocycles. The molecule has 0 aliphatic rings. The van der Waals surface area contributed by atoms with Gasteiger partial charge in [-0.25, -0.2) is 4.98 Å². The van der Waals surface area contributed by atoms with Crippen LogP contribution in [0.3, 0.4) is 0 Å². The van der Waals surface area contributed by atoms with Gasteiger partial charge < -0.3 is 4.74 Å². The highest BCUT2D eigenvalue weighted by molar-refractivity contribution is 6.30. The molecule has 0 bridgehead atoms. The number of aromatic nitrogens is 2. The average molecular weight is 315 g/mol. The molecule has 0 aliphatic heterocycles. The van der Waals surface area contributed by atoms with Gasteiger partial charge in [0.15, 0.2) is 0 Å². The fraction of sp³-hybridized carbons (Fsp3) is 0.176. The van der Waals surface area contributed by atoms with Crippen molar-refractivity contribution < 1.29 is 4.74 Å². The van der Waals surface area contributed by atoms with Gasteiger partial charge in [-0.1, -0.05) is 23.7 Å². The highest BCUT2D eigenvalue weighted by atomic mass is 35.5. The Bertz CT molecular complexity index is 874. The van der Waals surface area contributed by atoms with E-state index in [4.69, 9.17) is 16.3 Å². The Kier molecular flexibility index (Phi) is 4.11. The van der Waals surface area contributed by atoms with Gasteiger partial charge in [0.2, 0.25) is 0 Å². The standard InChI is InChI=1S/C17H15ClN2O2/c1-12-10-13(18)6-7-16(12)22-9-8-20-11-19-15-5-3-2-4-14(15)17(20)21/h2-7,10-11H,8-9H2,1H3. The van der Waals surface area contributed by atoms with Gasteiger partial charge in [0.05, 0.1) is 23.8 Å². The molecule has 1 heterocycles. The molecule has 0 saturated carbocycles. The largest absolute Gasteiger partial charge is 0.491 e. The molecule has 22 heavy (non-hydrogen) atoms. The Balaban J connectivity index is 1.74. The third-order valence-corrected chi connectivity index (χ3v) is 3.69. The Morgan fingerprint density at radius 1 is 1.23 bits per heavy atom. The summed E-state index contributed by atoms with van der Waals surface area (Å²) in [7, 11) is 0. The van der Waals surface area contributed by atoms with E-state index >= 15 is 0 Å². The summed E-state index contributed by atoms with van der Waals surface area (Å²) in [4.78, 5) is 16.6. The van der Waals surface area contributed by atoms with Crippen LogP contribution in [0.15, 0.2) is 53.6 Å². The lowest BCUT2D eigenvalue weighted by atomic mass is 10.2. The van der Waals surface area contributed by atoms with E-state index in [1.54, 1.807) is 23.0 Å². The van der Waals surface area contributed by atoms with Gasteiger partial charge in [0.1, 0.15) is 12.4 Å². The number of halogens is 1. The maximum absolute atomic E-state index is 12.3. The first-order valence-electron chi connectivity index (χ1n) is 6.98. The van der Waals surface area contributed by atoms with Crippen molar-refractivity contribution in [1.82, 2.24) is 9.55 Å². The van der Waals surface area contributed by atoms with Crippen molar-refractivity contribution in [1.29, 1.82) is 0 Å². The van der Waals surface area contributed by atoms with Gasteiger partial charge in [-0.15, -0.1) is 0 Å². The number of para-hydroxylation sites is 1. The van der Waals surface area contributed by atoms with E-state index in [0.29, 0.717) is 29.1 Å². The predicted molar refractivity (Wildman–Crippen MR) is 87.7 cm³/mol. The third kappa shape index (κ3) is 2.97. The zero-order chi connectivity index (χ0) is 15.5. The van der Waals surface area contributed by atoms with Crippen LogP contribution < -0.4 is 10.3 Å². The minimum atomic E-state index is -0.0537. The molecule has 0 atom stereocenters. The summed E-state index contributed by atoms with van der Waals surface area (Å²) in [6, 6.07) is 12.8. The average Bonchev–Trinajstić information content (AvgIpc) is 2.52. The molecule has 112 valence electrons. The molecule has 0 spiro atoms. The maximum Gasteiger partial charge on any atom is 0.261 e. The fourth-order valence-corrected chi connectivity index (χ4v) is 2.52. The number of hydrogen-bond donors (Lipinski definition) is 0. The van der Waals surface area contributed by atoms with Crippen molar-refractivity contribution in [2.24, 2.45) is 0 Å². The summed E-state index contributed by atoms with van der Waals surface area (Å²) in [5.74, 6) is 0.770.